The third kappa shape index (κ3) is 4.51. The minimum atomic E-state index is -3.45. The van der Waals surface area contributed by atoms with Crippen molar-refractivity contribution in [1.82, 2.24) is 14.7 Å². The Morgan fingerprint density at radius 2 is 2.04 bits per heavy atom. The highest BCUT2D eigenvalue weighted by molar-refractivity contribution is 7.88. The lowest BCUT2D eigenvalue weighted by molar-refractivity contribution is 0.558. The molecule has 0 fully saturated rings. The first kappa shape index (κ1) is 17.3. The van der Waals surface area contributed by atoms with Crippen LogP contribution in [0.15, 0.2) is 42.6 Å². The normalized spacial score (nSPS) is 13.2. The van der Waals surface area contributed by atoms with E-state index >= 15 is 0 Å². The van der Waals surface area contributed by atoms with Crippen molar-refractivity contribution in [3.63, 3.8) is 0 Å². The predicted octanol–water partition coefficient (Wildman–Crippen LogP) is 3.40. The monoisotopic (exact) mass is 381 g/mol. The molecule has 0 spiro atoms. The van der Waals surface area contributed by atoms with Gasteiger partial charge in [0.2, 0.25) is 10.0 Å². The number of pyridine rings is 1. The molecule has 0 aliphatic heterocycles. The lowest BCUT2D eigenvalue weighted by atomic mass is 10.3. The van der Waals surface area contributed by atoms with Gasteiger partial charge in [-0.15, -0.1) is 11.3 Å². The maximum absolute atomic E-state index is 12.3. The molecule has 0 saturated heterocycles. The zero-order valence-corrected chi connectivity index (χ0v) is 15.3. The Hall–Kier alpha value is -1.54. The summed E-state index contributed by atoms with van der Waals surface area (Å²) in [6.07, 6.45) is 2.03. The fourth-order valence-electron chi connectivity index (χ4n) is 2.37. The molecule has 1 N–H and O–H groups in total. The summed E-state index contributed by atoms with van der Waals surface area (Å²) in [6, 6.07) is 10.9. The average molecular weight is 382 g/mol. The molecule has 0 radical (unpaired) electrons. The molecule has 0 bridgehead atoms. The van der Waals surface area contributed by atoms with Crippen LogP contribution in [0.5, 0.6) is 0 Å². The minimum Gasteiger partial charge on any atom is -0.244 e. The number of hydrogen-bond acceptors (Lipinski definition) is 5. The number of benzene rings is 1. The van der Waals surface area contributed by atoms with E-state index in [1.165, 1.54) is 6.20 Å². The van der Waals surface area contributed by atoms with Crippen molar-refractivity contribution in [3.8, 4) is 0 Å². The molecule has 126 valence electrons. The van der Waals surface area contributed by atoms with Gasteiger partial charge in [0.15, 0.2) is 0 Å². The first-order valence-corrected chi connectivity index (χ1v) is 10.2. The summed E-state index contributed by atoms with van der Waals surface area (Å²) in [6.45, 7) is 1.84. The van der Waals surface area contributed by atoms with E-state index in [-0.39, 0.29) is 11.8 Å². The van der Waals surface area contributed by atoms with Gasteiger partial charge in [0.05, 0.1) is 21.0 Å². The number of aromatic nitrogens is 2. The van der Waals surface area contributed by atoms with Gasteiger partial charge in [-0.25, -0.2) is 23.1 Å². The highest BCUT2D eigenvalue weighted by atomic mass is 35.5. The number of nitrogens with one attached hydrogen (secondary N) is 1. The SMILES string of the molecule is C[C@@H](Cc1nc2ccccc2s1)NS(=O)(=O)Cc1ccc(Cl)nc1. The molecule has 0 aliphatic carbocycles. The second-order valence-corrected chi connectivity index (χ2v) is 8.80. The van der Waals surface area contributed by atoms with E-state index in [4.69, 9.17) is 11.6 Å². The Kier molecular flexibility index (Phi) is 5.15. The quantitative estimate of drug-likeness (QED) is 0.664. The van der Waals surface area contributed by atoms with E-state index in [0.29, 0.717) is 17.1 Å². The number of para-hydroxylation sites is 1. The van der Waals surface area contributed by atoms with Gasteiger partial charge < -0.3 is 0 Å². The lowest BCUT2D eigenvalue weighted by Crippen LogP contribution is -2.34. The zero-order chi connectivity index (χ0) is 17.2. The fraction of sp³-hybridized carbons (Fsp3) is 0.250. The standard InChI is InChI=1S/C16H16ClN3O2S2/c1-11(8-16-19-13-4-2-3-5-14(13)23-16)20-24(21,22)10-12-6-7-15(17)18-9-12/h2-7,9,11,20H,8,10H2,1H3/t11-/m0/s1. The van der Waals surface area contributed by atoms with Crippen molar-refractivity contribution in [2.75, 3.05) is 0 Å². The van der Waals surface area contributed by atoms with Crippen molar-refractivity contribution in [3.05, 3.63) is 58.3 Å². The summed E-state index contributed by atoms with van der Waals surface area (Å²) < 4.78 is 28.3. The fourth-order valence-corrected chi connectivity index (χ4v) is 4.97. The zero-order valence-electron chi connectivity index (χ0n) is 12.9. The molecule has 0 saturated carbocycles. The molecule has 0 amide bonds. The Balaban J connectivity index is 1.64. The molecule has 0 unspecified atom stereocenters. The van der Waals surface area contributed by atoms with Crippen LogP contribution in [0.1, 0.15) is 17.5 Å². The van der Waals surface area contributed by atoms with Crippen molar-refractivity contribution < 1.29 is 8.42 Å². The van der Waals surface area contributed by atoms with Crippen LogP contribution in [0.3, 0.4) is 0 Å². The van der Waals surface area contributed by atoms with Crippen molar-refractivity contribution >= 4 is 43.2 Å². The average Bonchev–Trinajstić information content (AvgIpc) is 2.90. The van der Waals surface area contributed by atoms with E-state index in [1.807, 2.05) is 31.2 Å². The van der Waals surface area contributed by atoms with Crippen LogP contribution >= 0.6 is 22.9 Å². The van der Waals surface area contributed by atoms with Gasteiger partial charge in [-0.2, -0.15) is 0 Å². The summed E-state index contributed by atoms with van der Waals surface area (Å²) in [5.41, 5.74) is 1.54. The largest absolute Gasteiger partial charge is 0.244 e. The van der Waals surface area contributed by atoms with E-state index in [0.717, 1.165) is 15.2 Å². The van der Waals surface area contributed by atoms with Crippen molar-refractivity contribution in [2.45, 2.75) is 25.1 Å². The second-order valence-electron chi connectivity index (χ2n) is 5.55. The molecular weight excluding hydrogens is 366 g/mol. The third-order valence-electron chi connectivity index (χ3n) is 3.35. The van der Waals surface area contributed by atoms with Crippen molar-refractivity contribution in [2.24, 2.45) is 0 Å². The van der Waals surface area contributed by atoms with Gasteiger partial charge in [-0.05, 0) is 30.7 Å². The topological polar surface area (TPSA) is 72.0 Å². The molecule has 24 heavy (non-hydrogen) atoms. The van der Waals surface area contributed by atoms with Crippen LogP contribution in [0.2, 0.25) is 5.15 Å². The number of nitrogens with zero attached hydrogens (tertiary/aromatic N) is 2. The van der Waals surface area contributed by atoms with Gasteiger partial charge in [-0.1, -0.05) is 29.8 Å². The van der Waals surface area contributed by atoms with Crippen LogP contribution in [-0.2, 0) is 22.2 Å². The second kappa shape index (κ2) is 7.14. The number of halogens is 1. The molecule has 5 nitrogen and oxygen atoms in total. The predicted molar refractivity (Wildman–Crippen MR) is 97.8 cm³/mol. The summed E-state index contributed by atoms with van der Waals surface area (Å²) in [4.78, 5) is 8.43. The lowest BCUT2D eigenvalue weighted by Gasteiger charge is -2.13. The third-order valence-corrected chi connectivity index (χ3v) is 6.10. The molecule has 0 aliphatic rings. The summed E-state index contributed by atoms with van der Waals surface area (Å²) >= 11 is 7.30. The highest BCUT2D eigenvalue weighted by Crippen LogP contribution is 2.22. The summed E-state index contributed by atoms with van der Waals surface area (Å²) in [5, 5.41) is 1.26. The van der Waals surface area contributed by atoms with E-state index in [1.54, 1.807) is 23.5 Å². The smallest absolute Gasteiger partial charge is 0.216 e. The van der Waals surface area contributed by atoms with Crippen LogP contribution in [0.4, 0.5) is 0 Å². The Labute approximate surface area is 149 Å². The first-order chi connectivity index (χ1) is 11.4. The molecule has 2 aromatic heterocycles. The summed E-state index contributed by atoms with van der Waals surface area (Å²) in [7, 11) is -3.45. The van der Waals surface area contributed by atoms with E-state index < -0.39 is 10.0 Å². The Morgan fingerprint density at radius 1 is 1.25 bits per heavy atom. The van der Waals surface area contributed by atoms with E-state index in [2.05, 4.69) is 14.7 Å². The molecule has 2 heterocycles. The van der Waals surface area contributed by atoms with Crippen LogP contribution in [0, 0.1) is 0 Å². The molecule has 8 heteroatoms. The summed E-state index contributed by atoms with van der Waals surface area (Å²) in [5.74, 6) is -0.124. The Bertz CT molecular complexity index is 906. The number of fused-ring (bicyclic) bond motifs is 1. The van der Waals surface area contributed by atoms with E-state index in [9.17, 15) is 8.42 Å². The maximum atomic E-state index is 12.3. The number of sulfonamides is 1. The number of rotatable bonds is 6. The number of thiazole rings is 1. The Morgan fingerprint density at radius 3 is 2.75 bits per heavy atom. The first-order valence-electron chi connectivity index (χ1n) is 7.36. The van der Waals surface area contributed by atoms with Gasteiger partial charge in [0.25, 0.3) is 0 Å². The van der Waals surface area contributed by atoms with Gasteiger partial charge in [0.1, 0.15) is 5.15 Å². The maximum Gasteiger partial charge on any atom is 0.216 e. The van der Waals surface area contributed by atoms with Gasteiger partial charge in [-0.3, -0.25) is 0 Å². The molecule has 3 aromatic rings. The van der Waals surface area contributed by atoms with Crippen LogP contribution < -0.4 is 4.72 Å². The minimum absolute atomic E-state index is 0.124. The molecule has 1 aromatic carbocycles. The van der Waals surface area contributed by atoms with Gasteiger partial charge in [0, 0.05) is 18.7 Å². The molecule has 1 atom stereocenters. The molecular formula is C16H16ClN3O2S2. The van der Waals surface area contributed by atoms with Crippen LogP contribution in [-0.4, -0.2) is 24.4 Å². The highest BCUT2D eigenvalue weighted by Gasteiger charge is 2.17. The molecule has 3 rings (SSSR count). The van der Waals surface area contributed by atoms with Crippen molar-refractivity contribution in [1.29, 1.82) is 0 Å². The van der Waals surface area contributed by atoms with Crippen LogP contribution in [0.25, 0.3) is 10.2 Å². The number of hydrogen-bond donors (Lipinski definition) is 1. The van der Waals surface area contributed by atoms with Gasteiger partial charge >= 0.3 is 0 Å².